The quantitative estimate of drug-likeness (QED) is 0.383. The third-order valence-corrected chi connectivity index (χ3v) is 3.40. The summed E-state index contributed by atoms with van der Waals surface area (Å²) in [6.07, 6.45) is 1.33. The van der Waals surface area contributed by atoms with Crippen molar-refractivity contribution < 1.29 is 19.1 Å². The van der Waals surface area contributed by atoms with Crippen molar-refractivity contribution in [3.05, 3.63) is 58.1 Å². The largest absolute Gasteiger partial charge is 0.484 e. The van der Waals surface area contributed by atoms with Crippen LogP contribution in [0.4, 0.5) is 5.69 Å². The fourth-order valence-electron chi connectivity index (χ4n) is 1.83. The Kier molecular flexibility index (Phi) is 7.16. The summed E-state index contributed by atoms with van der Waals surface area (Å²) in [5.41, 5.74) is 7.99. The van der Waals surface area contributed by atoms with Gasteiger partial charge in [-0.25, -0.2) is 5.43 Å². The monoisotopic (exact) mass is 408 g/mol. The topological polar surface area (TPSA) is 123 Å². The van der Waals surface area contributed by atoms with Crippen LogP contribution in [0.25, 0.3) is 0 Å². The molecule has 0 aromatic heterocycles. The Morgan fingerprint density at radius 3 is 2.26 bits per heavy atom. The Labute approximate surface area is 164 Å². The highest BCUT2D eigenvalue weighted by Crippen LogP contribution is 2.22. The van der Waals surface area contributed by atoms with Crippen molar-refractivity contribution in [1.82, 2.24) is 5.43 Å². The standard InChI is InChI=1S/C17H14Cl2N4O4/c18-11-5-12(19)7-13(6-11)22-16(25)17(26)23-21-8-10-1-3-14(4-2-10)27-9-15(20)24/h1-8H,9H2,(H2,20,24)(H,22,25)(H,23,26)/b21-8+. The first-order valence-corrected chi connectivity index (χ1v) is 8.21. The molecule has 2 rings (SSSR count). The van der Waals surface area contributed by atoms with Crippen LogP contribution in [0.5, 0.6) is 5.75 Å². The van der Waals surface area contributed by atoms with Gasteiger partial charge in [0.1, 0.15) is 5.75 Å². The van der Waals surface area contributed by atoms with E-state index < -0.39 is 17.7 Å². The number of carbonyl (C=O) groups is 3. The van der Waals surface area contributed by atoms with Gasteiger partial charge in [-0.15, -0.1) is 0 Å². The number of nitrogens with zero attached hydrogens (tertiary/aromatic N) is 1. The number of benzene rings is 2. The Hall–Kier alpha value is -3.10. The van der Waals surface area contributed by atoms with E-state index in [1.807, 2.05) is 0 Å². The van der Waals surface area contributed by atoms with Crippen molar-refractivity contribution >= 4 is 52.8 Å². The van der Waals surface area contributed by atoms with Gasteiger partial charge in [-0.1, -0.05) is 23.2 Å². The van der Waals surface area contributed by atoms with E-state index in [2.05, 4.69) is 15.8 Å². The molecule has 0 saturated heterocycles. The molecule has 4 N–H and O–H groups in total. The van der Waals surface area contributed by atoms with E-state index in [9.17, 15) is 14.4 Å². The van der Waals surface area contributed by atoms with Gasteiger partial charge >= 0.3 is 11.8 Å². The fraction of sp³-hybridized carbons (Fsp3) is 0.0588. The van der Waals surface area contributed by atoms with Crippen molar-refractivity contribution in [1.29, 1.82) is 0 Å². The normalized spacial score (nSPS) is 10.4. The minimum Gasteiger partial charge on any atom is -0.484 e. The zero-order chi connectivity index (χ0) is 19.8. The average molecular weight is 409 g/mol. The number of hydrogen-bond donors (Lipinski definition) is 3. The summed E-state index contributed by atoms with van der Waals surface area (Å²) in [5, 5.41) is 6.68. The lowest BCUT2D eigenvalue weighted by Gasteiger charge is -2.05. The molecular formula is C17H14Cl2N4O4. The molecule has 2 aromatic rings. The Bertz CT molecular complexity index is 865. The van der Waals surface area contributed by atoms with Crippen LogP contribution in [0.3, 0.4) is 0 Å². The lowest BCUT2D eigenvalue weighted by molar-refractivity contribution is -0.136. The van der Waals surface area contributed by atoms with Crippen molar-refractivity contribution in [2.45, 2.75) is 0 Å². The number of hydrogen-bond acceptors (Lipinski definition) is 5. The maximum absolute atomic E-state index is 11.8. The number of nitrogens with two attached hydrogens (primary N) is 1. The Balaban J connectivity index is 1.86. The van der Waals surface area contributed by atoms with Gasteiger partial charge in [0.2, 0.25) is 0 Å². The zero-order valence-electron chi connectivity index (χ0n) is 13.7. The molecule has 0 heterocycles. The third kappa shape index (κ3) is 6.96. The summed E-state index contributed by atoms with van der Waals surface area (Å²) in [6.45, 7) is -0.226. The van der Waals surface area contributed by atoms with E-state index in [0.717, 1.165) is 0 Å². The molecule has 3 amide bonds. The minimum absolute atomic E-state index is 0.226. The molecule has 0 saturated carbocycles. The van der Waals surface area contributed by atoms with Gasteiger partial charge < -0.3 is 15.8 Å². The molecule has 0 aliphatic rings. The van der Waals surface area contributed by atoms with E-state index in [4.69, 9.17) is 33.7 Å². The molecule has 0 aliphatic carbocycles. The number of nitrogens with one attached hydrogen (secondary N) is 2. The van der Waals surface area contributed by atoms with E-state index >= 15 is 0 Å². The molecule has 0 radical (unpaired) electrons. The molecule has 140 valence electrons. The van der Waals surface area contributed by atoms with E-state index in [-0.39, 0.29) is 12.3 Å². The maximum atomic E-state index is 11.8. The number of primary amides is 1. The summed E-state index contributed by atoms with van der Waals surface area (Å²) in [6, 6.07) is 10.9. The highest BCUT2D eigenvalue weighted by molar-refractivity contribution is 6.40. The van der Waals surface area contributed by atoms with Crippen molar-refractivity contribution in [2.75, 3.05) is 11.9 Å². The number of ether oxygens (including phenoxy) is 1. The molecule has 0 atom stereocenters. The van der Waals surface area contributed by atoms with Crippen molar-refractivity contribution in [3.8, 4) is 5.75 Å². The molecule has 27 heavy (non-hydrogen) atoms. The molecule has 0 fully saturated rings. The van der Waals surface area contributed by atoms with Gasteiger partial charge in [0, 0.05) is 15.7 Å². The predicted octanol–water partition coefficient (Wildman–Crippen LogP) is 1.95. The van der Waals surface area contributed by atoms with Crippen molar-refractivity contribution in [3.63, 3.8) is 0 Å². The van der Waals surface area contributed by atoms with E-state index in [0.29, 0.717) is 21.4 Å². The summed E-state index contributed by atoms with van der Waals surface area (Å²) in [5.74, 6) is -2.03. The summed E-state index contributed by atoms with van der Waals surface area (Å²) in [7, 11) is 0. The summed E-state index contributed by atoms with van der Waals surface area (Å²) < 4.78 is 5.11. The van der Waals surface area contributed by atoms with Crippen LogP contribution in [0.2, 0.25) is 10.0 Å². The molecule has 0 spiro atoms. The van der Waals surface area contributed by atoms with Crippen LogP contribution in [0.1, 0.15) is 5.56 Å². The second kappa shape index (κ2) is 9.56. The van der Waals surface area contributed by atoms with Crippen LogP contribution in [0, 0.1) is 0 Å². The zero-order valence-corrected chi connectivity index (χ0v) is 15.3. The van der Waals surface area contributed by atoms with E-state index in [1.54, 1.807) is 24.3 Å². The predicted molar refractivity (Wildman–Crippen MR) is 102 cm³/mol. The first kappa shape index (κ1) is 20.2. The lowest BCUT2D eigenvalue weighted by atomic mass is 10.2. The second-order valence-electron chi connectivity index (χ2n) is 5.14. The molecular weight excluding hydrogens is 395 g/mol. The number of hydrazone groups is 1. The molecule has 0 bridgehead atoms. The van der Waals surface area contributed by atoms with E-state index in [1.165, 1.54) is 24.4 Å². The second-order valence-corrected chi connectivity index (χ2v) is 6.01. The summed E-state index contributed by atoms with van der Waals surface area (Å²) >= 11 is 11.6. The first-order chi connectivity index (χ1) is 12.8. The van der Waals surface area contributed by atoms with Gasteiger partial charge in [-0.3, -0.25) is 14.4 Å². The van der Waals surface area contributed by atoms with Gasteiger partial charge in [-0.05, 0) is 48.0 Å². The first-order valence-electron chi connectivity index (χ1n) is 7.45. The van der Waals surface area contributed by atoms with Gasteiger partial charge in [0.15, 0.2) is 6.61 Å². The van der Waals surface area contributed by atoms with Crippen LogP contribution in [-0.4, -0.2) is 30.5 Å². The molecule has 10 heteroatoms. The van der Waals surface area contributed by atoms with Gasteiger partial charge in [0.25, 0.3) is 5.91 Å². The number of carbonyl (C=O) groups excluding carboxylic acids is 3. The average Bonchev–Trinajstić information content (AvgIpc) is 2.60. The van der Waals surface area contributed by atoms with Gasteiger partial charge in [-0.2, -0.15) is 5.10 Å². The molecule has 2 aromatic carbocycles. The number of rotatable bonds is 6. The molecule has 8 nitrogen and oxygen atoms in total. The lowest BCUT2D eigenvalue weighted by Crippen LogP contribution is -2.32. The summed E-state index contributed by atoms with van der Waals surface area (Å²) in [4.78, 5) is 34.2. The van der Waals surface area contributed by atoms with Crippen LogP contribution in [0.15, 0.2) is 47.6 Å². The number of anilines is 1. The molecule has 0 unspecified atom stereocenters. The smallest absolute Gasteiger partial charge is 0.329 e. The van der Waals surface area contributed by atoms with Crippen molar-refractivity contribution in [2.24, 2.45) is 10.8 Å². The molecule has 0 aliphatic heterocycles. The number of amides is 3. The maximum Gasteiger partial charge on any atom is 0.329 e. The highest BCUT2D eigenvalue weighted by Gasteiger charge is 2.13. The highest BCUT2D eigenvalue weighted by atomic mass is 35.5. The Morgan fingerprint density at radius 2 is 1.67 bits per heavy atom. The van der Waals surface area contributed by atoms with Gasteiger partial charge in [0.05, 0.1) is 6.21 Å². The number of halogens is 2. The third-order valence-electron chi connectivity index (χ3n) is 2.97. The SMILES string of the molecule is NC(=O)COc1ccc(/C=N/NC(=O)C(=O)Nc2cc(Cl)cc(Cl)c2)cc1. The van der Waals surface area contributed by atoms with Crippen LogP contribution < -0.4 is 21.2 Å². The van der Waals surface area contributed by atoms with Crippen LogP contribution in [-0.2, 0) is 14.4 Å². The Morgan fingerprint density at radius 1 is 1.04 bits per heavy atom. The minimum atomic E-state index is -0.969. The fourth-order valence-corrected chi connectivity index (χ4v) is 2.36. The van der Waals surface area contributed by atoms with Crippen LogP contribution >= 0.6 is 23.2 Å².